The molecule has 8 heteroatoms. The van der Waals surface area contributed by atoms with E-state index in [-0.39, 0.29) is 11.8 Å². The van der Waals surface area contributed by atoms with Gasteiger partial charge in [-0.05, 0) is 25.0 Å². The van der Waals surface area contributed by atoms with Crippen LogP contribution in [0.5, 0.6) is 0 Å². The first kappa shape index (κ1) is 19.0. The summed E-state index contributed by atoms with van der Waals surface area (Å²) in [6.45, 7) is 4.73. The minimum atomic E-state index is -0.156. The van der Waals surface area contributed by atoms with Crippen molar-refractivity contribution in [2.24, 2.45) is 0 Å². The second kappa shape index (κ2) is 8.81. The number of carbonyl (C=O) groups is 2. The van der Waals surface area contributed by atoms with E-state index in [0.717, 1.165) is 56.3 Å². The second-order valence-corrected chi connectivity index (χ2v) is 7.93. The van der Waals surface area contributed by atoms with E-state index in [9.17, 15) is 9.59 Å². The molecule has 0 unspecified atom stereocenters. The number of carbonyl (C=O) groups excluding carboxylic acids is 2. The minimum absolute atomic E-state index is 0.0338. The lowest BCUT2D eigenvalue weighted by Crippen LogP contribution is -2.41. The molecule has 0 bridgehead atoms. The number of hydrogen-bond acceptors (Lipinski definition) is 6. The summed E-state index contributed by atoms with van der Waals surface area (Å²) >= 11 is 1.43. The van der Waals surface area contributed by atoms with Gasteiger partial charge in [0.2, 0.25) is 0 Å². The summed E-state index contributed by atoms with van der Waals surface area (Å²) in [5.74, 6) is -0.190. The van der Waals surface area contributed by atoms with Crippen molar-refractivity contribution in [3.05, 3.63) is 40.9 Å². The topological polar surface area (TPSA) is 83.6 Å². The first-order chi connectivity index (χ1) is 13.7. The Bertz CT molecular complexity index is 826. The van der Waals surface area contributed by atoms with Crippen LogP contribution in [-0.4, -0.2) is 67.1 Å². The van der Waals surface area contributed by atoms with Gasteiger partial charge < -0.3 is 15.4 Å². The number of amides is 2. The Labute approximate surface area is 168 Å². The molecule has 1 saturated carbocycles. The number of hydrogen-bond donors (Lipinski definition) is 2. The number of morpholine rings is 1. The zero-order valence-electron chi connectivity index (χ0n) is 15.6. The lowest BCUT2D eigenvalue weighted by atomic mass is 10.1. The van der Waals surface area contributed by atoms with Crippen LogP contribution in [0.25, 0.3) is 10.6 Å². The van der Waals surface area contributed by atoms with Crippen LogP contribution < -0.4 is 10.6 Å². The summed E-state index contributed by atoms with van der Waals surface area (Å²) in [6.07, 6.45) is 2.14. The maximum Gasteiger partial charge on any atom is 0.270 e. The van der Waals surface area contributed by atoms with Crippen LogP contribution in [0.15, 0.2) is 29.6 Å². The van der Waals surface area contributed by atoms with E-state index in [4.69, 9.17) is 4.74 Å². The summed E-state index contributed by atoms with van der Waals surface area (Å²) < 4.78 is 5.32. The highest BCUT2D eigenvalue weighted by Gasteiger charge is 2.23. The van der Waals surface area contributed by atoms with Gasteiger partial charge in [0.25, 0.3) is 11.8 Å². The van der Waals surface area contributed by atoms with Crippen molar-refractivity contribution in [1.82, 2.24) is 20.5 Å². The molecule has 1 aliphatic heterocycles. The Morgan fingerprint density at radius 1 is 1.14 bits per heavy atom. The number of aromatic nitrogens is 1. The quantitative estimate of drug-likeness (QED) is 0.740. The Kier molecular flexibility index (Phi) is 5.99. The Morgan fingerprint density at radius 2 is 1.89 bits per heavy atom. The van der Waals surface area contributed by atoms with Gasteiger partial charge in [-0.25, -0.2) is 4.98 Å². The Balaban J connectivity index is 1.30. The van der Waals surface area contributed by atoms with Crippen molar-refractivity contribution < 1.29 is 14.3 Å². The molecular formula is C20H24N4O3S. The van der Waals surface area contributed by atoms with E-state index in [1.165, 1.54) is 11.3 Å². The maximum atomic E-state index is 12.3. The zero-order chi connectivity index (χ0) is 19.3. The van der Waals surface area contributed by atoms with Crippen molar-refractivity contribution >= 4 is 23.2 Å². The summed E-state index contributed by atoms with van der Waals surface area (Å²) in [4.78, 5) is 31.1. The van der Waals surface area contributed by atoms with Gasteiger partial charge in [0.05, 0.1) is 13.2 Å². The molecule has 1 aromatic heterocycles. The molecule has 0 spiro atoms. The fourth-order valence-electron chi connectivity index (χ4n) is 3.01. The van der Waals surface area contributed by atoms with Gasteiger partial charge in [-0.1, -0.05) is 12.1 Å². The standard InChI is InChI=1S/C20H24N4O3S/c25-18(22-16-5-6-16)14-1-3-15(4-2-14)20-23-17(13-28-20)19(26)21-7-8-24-9-11-27-12-10-24/h1-4,13,16H,5-12H2,(H,21,26)(H,22,25). The van der Waals surface area contributed by atoms with Crippen LogP contribution in [0.1, 0.15) is 33.7 Å². The number of nitrogens with zero attached hydrogens (tertiary/aromatic N) is 2. The molecule has 2 heterocycles. The van der Waals surface area contributed by atoms with Gasteiger partial charge in [0.15, 0.2) is 0 Å². The smallest absolute Gasteiger partial charge is 0.270 e. The highest BCUT2D eigenvalue weighted by Crippen LogP contribution is 2.24. The second-order valence-electron chi connectivity index (χ2n) is 7.07. The predicted octanol–water partition coefficient (Wildman–Crippen LogP) is 1.76. The molecular weight excluding hydrogens is 376 g/mol. The van der Waals surface area contributed by atoms with Crippen molar-refractivity contribution in [2.45, 2.75) is 18.9 Å². The van der Waals surface area contributed by atoms with Gasteiger partial charge in [-0.2, -0.15) is 0 Å². The summed E-state index contributed by atoms with van der Waals surface area (Å²) in [7, 11) is 0. The van der Waals surface area contributed by atoms with E-state index >= 15 is 0 Å². The van der Waals surface area contributed by atoms with Crippen LogP contribution in [-0.2, 0) is 4.74 Å². The number of benzene rings is 1. The molecule has 1 saturated heterocycles. The summed E-state index contributed by atoms with van der Waals surface area (Å²) in [5, 5.41) is 8.45. The number of thiazole rings is 1. The van der Waals surface area contributed by atoms with E-state index < -0.39 is 0 Å². The van der Waals surface area contributed by atoms with Crippen molar-refractivity contribution in [2.75, 3.05) is 39.4 Å². The highest BCUT2D eigenvalue weighted by molar-refractivity contribution is 7.13. The number of rotatable bonds is 7. The number of nitrogens with one attached hydrogen (secondary N) is 2. The normalized spacial score (nSPS) is 17.3. The van der Waals surface area contributed by atoms with Crippen LogP contribution in [0, 0.1) is 0 Å². The predicted molar refractivity (Wildman–Crippen MR) is 108 cm³/mol. The maximum absolute atomic E-state index is 12.3. The molecule has 2 N–H and O–H groups in total. The molecule has 2 aliphatic rings. The lowest BCUT2D eigenvalue weighted by molar-refractivity contribution is 0.0383. The molecule has 2 fully saturated rings. The molecule has 1 aliphatic carbocycles. The van der Waals surface area contributed by atoms with Crippen LogP contribution in [0.4, 0.5) is 0 Å². The summed E-state index contributed by atoms with van der Waals surface area (Å²) in [5.41, 5.74) is 1.98. The zero-order valence-corrected chi connectivity index (χ0v) is 16.5. The van der Waals surface area contributed by atoms with E-state index in [1.807, 2.05) is 12.1 Å². The fourth-order valence-corrected chi connectivity index (χ4v) is 3.82. The molecule has 2 amide bonds. The minimum Gasteiger partial charge on any atom is -0.379 e. The fraction of sp³-hybridized carbons (Fsp3) is 0.450. The largest absolute Gasteiger partial charge is 0.379 e. The third-order valence-electron chi connectivity index (χ3n) is 4.86. The lowest BCUT2D eigenvalue weighted by Gasteiger charge is -2.26. The van der Waals surface area contributed by atoms with Gasteiger partial charge in [0, 0.05) is 48.7 Å². The van der Waals surface area contributed by atoms with Crippen molar-refractivity contribution in [1.29, 1.82) is 0 Å². The van der Waals surface area contributed by atoms with E-state index in [2.05, 4.69) is 20.5 Å². The van der Waals surface area contributed by atoms with Crippen molar-refractivity contribution in [3.8, 4) is 10.6 Å². The van der Waals surface area contributed by atoms with Crippen LogP contribution in [0.2, 0.25) is 0 Å². The van der Waals surface area contributed by atoms with Gasteiger partial charge in [-0.3, -0.25) is 14.5 Å². The molecule has 0 atom stereocenters. The molecule has 148 valence electrons. The first-order valence-electron chi connectivity index (χ1n) is 9.64. The van der Waals surface area contributed by atoms with Gasteiger partial charge >= 0.3 is 0 Å². The molecule has 4 rings (SSSR count). The van der Waals surface area contributed by atoms with Gasteiger partial charge in [0.1, 0.15) is 10.7 Å². The SMILES string of the molecule is O=C(NC1CC1)c1ccc(-c2nc(C(=O)NCCN3CCOCC3)cs2)cc1. The average molecular weight is 401 g/mol. The first-order valence-corrected chi connectivity index (χ1v) is 10.5. The van der Waals surface area contributed by atoms with E-state index in [0.29, 0.717) is 23.8 Å². The molecule has 0 radical (unpaired) electrons. The average Bonchev–Trinajstić information content (AvgIpc) is 3.40. The van der Waals surface area contributed by atoms with Crippen molar-refractivity contribution in [3.63, 3.8) is 0 Å². The van der Waals surface area contributed by atoms with Crippen LogP contribution in [0.3, 0.4) is 0 Å². The molecule has 1 aromatic carbocycles. The Morgan fingerprint density at radius 3 is 2.61 bits per heavy atom. The van der Waals surface area contributed by atoms with Crippen LogP contribution >= 0.6 is 11.3 Å². The number of ether oxygens (including phenoxy) is 1. The third-order valence-corrected chi connectivity index (χ3v) is 5.75. The molecule has 2 aromatic rings. The summed E-state index contributed by atoms with van der Waals surface area (Å²) in [6, 6.07) is 7.70. The van der Waals surface area contributed by atoms with E-state index in [1.54, 1.807) is 17.5 Å². The Hall–Kier alpha value is -2.29. The third kappa shape index (κ3) is 4.95. The highest BCUT2D eigenvalue weighted by atomic mass is 32.1. The molecule has 28 heavy (non-hydrogen) atoms. The monoisotopic (exact) mass is 400 g/mol. The van der Waals surface area contributed by atoms with Gasteiger partial charge in [-0.15, -0.1) is 11.3 Å². The molecule has 7 nitrogen and oxygen atoms in total.